The number of piperazine rings is 1. The molecule has 22 heavy (non-hydrogen) atoms. The van der Waals surface area contributed by atoms with Crippen molar-refractivity contribution in [1.82, 2.24) is 9.58 Å². The van der Waals surface area contributed by atoms with Gasteiger partial charge in [-0.2, -0.15) is 0 Å². The minimum atomic E-state index is -0.328. The monoisotopic (exact) mass is 304 g/mol. The molecule has 1 aromatic heterocycles. The maximum Gasteiger partial charge on any atom is 0.189 e. The molecule has 2 aromatic rings. The minimum Gasteiger partial charge on any atom is -0.367 e. The first kappa shape index (κ1) is 14.8. The molecule has 1 aromatic carbocycles. The predicted molar refractivity (Wildman–Crippen MR) is 87.9 cm³/mol. The van der Waals surface area contributed by atoms with Crippen molar-refractivity contribution in [1.29, 1.82) is 0 Å². The molecular formula is C16H21FN4O. The summed E-state index contributed by atoms with van der Waals surface area (Å²) < 4.78 is 16.4. The SMILES string of the molecule is CN1CCN(c2cc3c(cc2F)c(=O)ccn3N(C)C)CC1. The van der Waals surface area contributed by atoms with E-state index in [2.05, 4.69) is 11.9 Å². The average Bonchev–Trinajstić information content (AvgIpc) is 2.48. The zero-order valence-electron chi connectivity index (χ0n) is 13.2. The van der Waals surface area contributed by atoms with Crippen molar-refractivity contribution in [2.45, 2.75) is 0 Å². The molecule has 0 radical (unpaired) electrons. The molecule has 0 saturated carbocycles. The summed E-state index contributed by atoms with van der Waals surface area (Å²) in [6.45, 7) is 3.40. The second-order valence-corrected chi connectivity index (χ2v) is 5.98. The number of halogens is 1. The van der Waals surface area contributed by atoms with Crippen LogP contribution in [0.1, 0.15) is 0 Å². The third kappa shape index (κ3) is 2.54. The molecule has 0 unspecified atom stereocenters. The summed E-state index contributed by atoms with van der Waals surface area (Å²) in [5, 5.41) is 2.28. The molecule has 1 aliphatic rings. The van der Waals surface area contributed by atoms with E-state index in [1.165, 1.54) is 12.1 Å². The number of fused-ring (bicyclic) bond motifs is 1. The lowest BCUT2D eigenvalue weighted by Crippen LogP contribution is -2.44. The number of anilines is 1. The standard InChI is InChI=1S/C16H21FN4O/c1-18(2)21-5-4-16(22)12-10-13(17)15(11-14(12)21)20-8-6-19(3)7-9-20/h4-5,10-11H,6-9H2,1-3H3. The van der Waals surface area contributed by atoms with Gasteiger partial charge in [0.25, 0.3) is 0 Å². The first-order chi connectivity index (χ1) is 10.5. The van der Waals surface area contributed by atoms with Crippen LogP contribution in [-0.4, -0.2) is 56.9 Å². The van der Waals surface area contributed by atoms with Gasteiger partial charge < -0.3 is 14.8 Å². The van der Waals surface area contributed by atoms with Crippen molar-refractivity contribution >= 4 is 16.6 Å². The van der Waals surface area contributed by atoms with Crippen LogP contribution >= 0.6 is 0 Å². The lowest BCUT2D eigenvalue weighted by atomic mass is 10.1. The van der Waals surface area contributed by atoms with E-state index in [1.54, 1.807) is 12.3 Å². The van der Waals surface area contributed by atoms with Gasteiger partial charge in [-0.15, -0.1) is 0 Å². The Morgan fingerprint density at radius 2 is 1.82 bits per heavy atom. The molecule has 6 heteroatoms. The summed E-state index contributed by atoms with van der Waals surface area (Å²) in [7, 11) is 5.85. The van der Waals surface area contributed by atoms with Crippen LogP contribution in [0.25, 0.3) is 10.9 Å². The fourth-order valence-electron chi connectivity index (χ4n) is 2.88. The van der Waals surface area contributed by atoms with Crippen molar-refractivity contribution in [3.8, 4) is 0 Å². The zero-order chi connectivity index (χ0) is 15.9. The van der Waals surface area contributed by atoms with Crippen molar-refractivity contribution < 1.29 is 4.39 Å². The summed E-state index contributed by atoms with van der Waals surface area (Å²) in [6, 6.07) is 4.63. The van der Waals surface area contributed by atoms with Crippen LogP contribution in [0.4, 0.5) is 10.1 Å². The van der Waals surface area contributed by atoms with Crippen LogP contribution in [0.2, 0.25) is 0 Å². The Morgan fingerprint density at radius 3 is 2.45 bits per heavy atom. The van der Waals surface area contributed by atoms with Gasteiger partial charge in [0.1, 0.15) is 5.82 Å². The summed E-state index contributed by atoms with van der Waals surface area (Å²) in [5.41, 5.74) is 1.14. The highest BCUT2D eigenvalue weighted by Crippen LogP contribution is 2.25. The molecule has 0 aliphatic carbocycles. The molecule has 0 atom stereocenters. The molecule has 0 spiro atoms. The zero-order valence-corrected chi connectivity index (χ0v) is 13.2. The second-order valence-electron chi connectivity index (χ2n) is 5.98. The normalized spacial score (nSPS) is 16.3. The van der Waals surface area contributed by atoms with Crippen LogP contribution in [0, 0.1) is 5.82 Å². The van der Waals surface area contributed by atoms with Crippen LogP contribution < -0.4 is 15.3 Å². The van der Waals surface area contributed by atoms with Crippen molar-refractivity contribution in [2.75, 3.05) is 57.2 Å². The van der Waals surface area contributed by atoms with Crippen LogP contribution in [0.15, 0.2) is 29.2 Å². The average molecular weight is 304 g/mol. The van der Waals surface area contributed by atoms with E-state index in [4.69, 9.17) is 0 Å². The summed E-state index contributed by atoms with van der Waals surface area (Å²) >= 11 is 0. The largest absolute Gasteiger partial charge is 0.367 e. The maximum absolute atomic E-state index is 14.5. The van der Waals surface area contributed by atoms with Crippen LogP contribution in [-0.2, 0) is 0 Å². The van der Waals surface area contributed by atoms with Gasteiger partial charge >= 0.3 is 0 Å². The predicted octanol–water partition coefficient (Wildman–Crippen LogP) is 1.09. The van der Waals surface area contributed by atoms with Gasteiger partial charge in [-0.1, -0.05) is 0 Å². The van der Waals surface area contributed by atoms with E-state index in [0.717, 1.165) is 31.7 Å². The van der Waals surface area contributed by atoms with Gasteiger partial charge in [0.05, 0.1) is 16.6 Å². The van der Waals surface area contributed by atoms with Crippen LogP contribution in [0.3, 0.4) is 0 Å². The van der Waals surface area contributed by atoms with Gasteiger partial charge in [0.2, 0.25) is 0 Å². The number of nitrogens with zero attached hydrogens (tertiary/aromatic N) is 4. The molecule has 3 rings (SSSR count). The van der Waals surface area contributed by atoms with Gasteiger partial charge in [-0.05, 0) is 19.2 Å². The van der Waals surface area contributed by atoms with Crippen molar-refractivity contribution in [3.05, 3.63) is 40.4 Å². The highest BCUT2D eigenvalue weighted by atomic mass is 19.1. The van der Waals surface area contributed by atoms with Crippen molar-refractivity contribution in [3.63, 3.8) is 0 Å². The molecule has 1 fully saturated rings. The van der Waals surface area contributed by atoms with E-state index < -0.39 is 0 Å². The quantitative estimate of drug-likeness (QED) is 0.831. The van der Waals surface area contributed by atoms with Gasteiger partial charge in [0, 0.05) is 52.5 Å². The molecular weight excluding hydrogens is 283 g/mol. The lowest BCUT2D eigenvalue weighted by Gasteiger charge is -2.34. The highest BCUT2D eigenvalue weighted by Gasteiger charge is 2.19. The molecule has 0 amide bonds. The summed E-state index contributed by atoms with van der Waals surface area (Å²) in [4.78, 5) is 16.3. The van der Waals surface area contributed by atoms with E-state index >= 15 is 0 Å². The van der Waals surface area contributed by atoms with Crippen LogP contribution in [0.5, 0.6) is 0 Å². The topological polar surface area (TPSA) is 31.7 Å². The Kier molecular flexibility index (Phi) is 3.78. The molecule has 5 nitrogen and oxygen atoms in total. The van der Waals surface area contributed by atoms with Gasteiger partial charge in [0.15, 0.2) is 5.43 Å². The maximum atomic E-state index is 14.5. The Bertz CT molecular complexity index is 748. The summed E-state index contributed by atoms with van der Waals surface area (Å²) in [5.74, 6) is -0.328. The molecule has 2 heterocycles. The first-order valence-corrected chi connectivity index (χ1v) is 7.43. The molecule has 0 N–H and O–H groups in total. The lowest BCUT2D eigenvalue weighted by molar-refractivity contribution is 0.312. The number of benzene rings is 1. The second kappa shape index (κ2) is 5.61. The number of hydrogen-bond donors (Lipinski definition) is 0. The highest BCUT2D eigenvalue weighted by molar-refractivity contribution is 5.83. The fourth-order valence-corrected chi connectivity index (χ4v) is 2.88. The molecule has 0 bridgehead atoms. The Labute approximate surface area is 129 Å². The van der Waals surface area contributed by atoms with E-state index in [1.807, 2.05) is 28.7 Å². The van der Waals surface area contributed by atoms with E-state index in [0.29, 0.717) is 11.1 Å². The molecule has 1 aliphatic heterocycles. The Morgan fingerprint density at radius 1 is 1.14 bits per heavy atom. The number of hydrogen-bond acceptors (Lipinski definition) is 4. The minimum absolute atomic E-state index is 0.156. The fraction of sp³-hybridized carbons (Fsp3) is 0.438. The smallest absolute Gasteiger partial charge is 0.189 e. The van der Waals surface area contributed by atoms with E-state index in [-0.39, 0.29) is 11.2 Å². The van der Waals surface area contributed by atoms with Crippen molar-refractivity contribution in [2.24, 2.45) is 0 Å². The van der Waals surface area contributed by atoms with Gasteiger partial charge in [-0.25, -0.2) is 4.39 Å². The third-order valence-electron chi connectivity index (χ3n) is 4.22. The molecule has 1 saturated heterocycles. The first-order valence-electron chi connectivity index (χ1n) is 7.43. The Balaban J connectivity index is 2.14. The Hall–Kier alpha value is -2.08. The number of likely N-dealkylation sites (N-methyl/N-ethyl adjacent to an activating group) is 1. The number of rotatable bonds is 2. The number of pyridine rings is 1. The molecule has 118 valence electrons. The van der Waals surface area contributed by atoms with Gasteiger partial charge in [-0.3, -0.25) is 9.47 Å². The summed E-state index contributed by atoms with van der Waals surface area (Å²) in [6.07, 6.45) is 1.72. The van der Waals surface area contributed by atoms with E-state index in [9.17, 15) is 9.18 Å². The third-order valence-corrected chi connectivity index (χ3v) is 4.22. The number of aromatic nitrogens is 1.